The van der Waals surface area contributed by atoms with Crippen LogP contribution in [-0.4, -0.2) is 5.11 Å². The van der Waals surface area contributed by atoms with E-state index in [2.05, 4.69) is 17.9 Å². The molecule has 0 atom stereocenters. The lowest BCUT2D eigenvalue weighted by Crippen LogP contribution is -1.86. The molecule has 1 N–H and O–H groups in total. The molecule has 0 amide bonds. The average molecular weight is 284 g/mol. The van der Waals surface area contributed by atoms with Crippen molar-refractivity contribution >= 4 is 11.6 Å². The normalized spacial score (nSPS) is 9.82. The Balaban J connectivity index is 2.11. The predicted octanol–water partition coefficient (Wildman–Crippen LogP) is 5.14. The van der Waals surface area contributed by atoms with Gasteiger partial charge in [0.05, 0.1) is 0 Å². The third-order valence-corrected chi connectivity index (χ3v) is 3.40. The first kappa shape index (κ1) is 13.9. The maximum Gasteiger partial charge on any atom is 0.115 e. The second-order valence-electron chi connectivity index (χ2n) is 4.99. The van der Waals surface area contributed by atoms with Crippen molar-refractivity contribution in [2.45, 2.75) is 0 Å². The van der Waals surface area contributed by atoms with Crippen LogP contribution in [0.5, 0.6) is 5.75 Å². The van der Waals surface area contributed by atoms with Crippen LogP contribution in [0.2, 0.25) is 0 Å². The fourth-order valence-electron chi connectivity index (χ4n) is 2.27. The maximum atomic E-state index is 9.48. The Kier molecular flexibility index (Phi) is 4.20. The van der Waals surface area contributed by atoms with E-state index in [9.17, 15) is 5.11 Å². The van der Waals surface area contributed by atoms with Crippen molar-refractivity contribution in [2.75, 3.05) is 0 Å². The van der Waals surface area contributed by atoms with E-state index < -0.39 is 0 Å². The van der Waals surface area contributed by atoms with Gasteiger partial charge < -0.3 is 5.11 Å². The molecule has 1 heteroatoms. The smallest absolute Gasteiger partial charge is 0.115 e. The zero-order valence-corrected chi connectivity index (χ0v) is 12.1. The fourth-order valence-corrected chi connectivity index (χ4v) is 2.27. The van der Waals surface area contributed by atoms with Gasteiger partial charge in [-0.2, -0.15) is 0 Å². The van der Waals surface area contributed by atoms with E-state index in [0.717, 1.165) is 22.3 Å². The molecule has 0 unspecified atom stereocenters. The van der Waals surface area contributed by atoms with E-state index in [1.54, 1.807) is 12.1 Å². The molecule has 0 aliphatic carbocycles. The first-order valence-corrected chi connectivity index (χ1v) is 7.19. The van der Waals surface area contributed by atoms with Crippen molar-refractivity contribution in [3.05, 3.63) is 107 Å². The number of phenolic OH excluding ortho intramolecular Hbond substituents is 1. The van der Waals surface area contributed by atoms with Crippen LogP contribution in [0.15, 0.2) is 90.7 Å². The molecule has 0 aliphatic rings. The molecule has 0 radical (unpaired) electrons. The number of benzene rings is 3. The van der Waals surface area contributed by atoms with E-state index in [-0.39, 0.29) is 5.75 Å². The van der Waals surface area contributed by atoms with Crippen LogP contribution in [-0.2, 0) is 0 Å². The Bertz CT molecular complexity index is 794. The lowest BCUT2D eigenvalue weighted by molar-refractivity contribution is 0.475. The molecule has 0 fully saturated rings. The standard InChI is InChI=1S/C21H16O/c22-20-14-12-19(13-15-20)21(18-9-5-2-6-10-18)16-11-17-7-3-1-4-8-17/h1-15,22H. The third-order valence-electron chi connectivity index (χ3n) is 3.40. The lowest BCUT2D eigenvalue weighted by atomic mass is 9.98. The molecule has 3 aromatic carbocycles. The molecule has 0 heterocycles. The minimum absolute atomic E-state index is 0.267. The van der Waals surface area contributed by atoms with E-state index in [0.29, 0.717) is 0 Å². The third kappa shape index (κ3) is 3.35. The van der Waals surface area contributed by atoms with Gasteiger partial charge in [0.2, 0.25) is 0 Å². The Morgan fingerprint density at radius 3 is 1.86 bits per heavy atom. The van der Waals surface area contributed by atoms with Gasteiger partial charge in [0.1, 0.15) is 5.75 Å². The second kappa shape index (κ2) is 6.62. The molecule has 0 saturated heterocycles. The molecule has 1 nitrogen and oxygen atoms in total. The highest BCUT2D eigenvalue weighted by Crippen LogP contribution is 2.24. The number of aromatic hydroxyl groups is 1. The van der Waals surface area contributed by atoms with E-state index in [1.807, 2.05) is 66.7 Å². The monoisotopic (exact) mass is 284 g/mol. The minimum atomic E-state index is 0.267. The van der Waals surface area contributed by atoms with E-state index in [1.165, 1.54) is 0 Å². The molecule has 0 saturated carbocycles. The summed E-state index contributed by atoms with van der Waals surface area (Å²) in [6, 6.07) is 27.5. The van der Waals surface area contributed by atoms with Crippen LogP contribution >= 0.6 is 0 Å². The highest BCUT2D eigenvalue weighted by atomic mass is 16.3. The van der Waals surface area contributed by atoms with Crippen molar-refractivity contribution in [2.24, 2.45) is 0 Å². The van der Waals surface area contributed by atoms with Gasteiger partial charge in [-0.05, 0) is 34.9 Å². The topological polar surface area (TPSA) is 20.2 Å². The molecule has 3 rings (SSSR count). The Morgan fingerprint density at radius 2 is 1.23 bits per heavy atom. The second-order valence-corrected chi connectivity index (χ2v) is 4.99. The molecule has 0 bridgehead atoms. The molecule has 0 aliphatic heterocycles. The number of hydrogen-bond acceptors (Lipinski definition) is 1. The predicted molar refractivity (Wildman–Crippen MR) is 91.5 cm³/mol. The summed E-state index contributed by atoms with van der Waals surface area (Å²) < 4.78 is 0. The number of phenols is 1. The van der Waals surface area contributed by atoms with Gasteiger partial charge in [0.15, 0.2) is 0 Å². The number of rotatable bonds is 3. The summed E-state index contributed by atoms with van der Waals surface area (Å²) in [5.74, 6) is 0.267. The van der Waals surface area contributed by atoms with Gasteiger partial charge in [-0.25, -0.2) is 0 Å². The van der Waals surface area contributed by atoms with Gasteiger partial charge >= 0.3 is 0 Å². The van der Waals surface area contributed by atoms with Crippen LogP contribution in [0.1, 0.15) is 16.7 Å². The summed E-state index contributed by atoms with van der Waals surface area (Å²) >= 11 is 0. The van der Waals surface area contributed by atoms with Crippen LogP contribution in [0.4, 0.5) is 0 Å². The van der Waals surface area contributed by atoms with Crippen molar-refractivity contribution in [1.29, 1.82) is 0 Å². The van der Waals surface area contributed by atoms with Crippen molar-refractivity contribution in [3.63, 3.8) is 0 Å². The van der Waals surface area contributed by atoms with Crippen molar-refractivity contribution in [3.8, 4) is 5.75 Å². The Hall–Kier alpha value is -3.02. The molecule has 0 aromatic heterocycles. The van der Waals surface area contributed by atoms with Gasteiger partial charge in [-0.15, -0.1) is 5.73 Å². The molecule has 106 valence electrons. The summed E-state index contributed by atoms with van der Waals surface area (Å²) in [5.41, 5.74) is 7.63. The maximum absolute atomic E-state index is 9.48. The molecule has 3 aromatic rings. The Labute approximate surface area is 130 Å². The summed E-state index contributed by atoms with van der Waals surface area (Å²) in [5, 5.41) is 9.48. The lowest BCUT2D eigenvalue weighted by Gasteiger charge is -2.06. The molecular weight excluding hydrogens is 268 g/mol. The zero-order valence-electron chi connectivity index (χ0n) is 12.1. The first-order chi connectivity index (χ1) is 10.8. The van der Waals surface area contributed by atoms with Crippen LogP contribution in [0, 0.1) is 0 Å². The Morgan fingerprint density at radius 1 is 0.682 bits per heavy atom. The highest BCUT2D eigenvalue weighted by Gasteiger charge is 2.03. The van der Waals surface area contributed by atoms with Crippen molar-refractivity contribution < 1.29 is 5.11 Å². The number of hydrogen-bond donors (Lipinski definition) is 1. The minimum Gasteiger partial charge on any atom is -0.508 e. The summed E-state index contributed by atoms with van der Waals surface area (Å²) in [6.45, 7) is 0. The first-order valence-electron chi connectivity index (χ1n) is 7.19. The van der Waals surface area contributed by atoms with E-state index in [4.69, 9.17) is 0 Å². The fraction of sp³-hybridized carbons (Fsp3) is 0. The summed E-state index contributed by atoms with van der Waals surface area (Å²) in [6.07, 6.45) is 1.98. The average Bonchev–Trinajstić information content (AvgIpc) is 2.58. The summed E-state index contributed by atoms with van der Waals surface area (Å²) in [4.78, 5) is 0. The van der Waals surface area contributed by atoms with E-state index >= 15 is 0 Å². The zero-order chi connectivity index (χ0) is 15.2. The van der Waals surface area contributed by atoms with Crippen LogP contribution < -0.4 is 0 Å². The molecule has 22 heavy (non-hydrogen) atoms. The van der Waals surface area contributed by atoms with Crippen molar-refractivity contribution in [1.82, 2.24) is 0 Å². The van der Waals surface area contributed by atoms with Crippen LogP contribution in [0.25, 0.3) is 11.6 Å². The quantitative estimate of drug-likeness (QED) is 0.660. The largest absolute Gasteiger partial charge is 0.508 e. The van der Waals surface area contributed by atoms with Gasteiger partial charge in [-0.3, -0.25) is 0 Å². The van der Waals surface area contributed by atoms with Gasteiger partial charge in [0, 0.05) is 5.57 Å². The molecular formula is C21H16O. The van der Waals surface area contributed by atoms with Gasteiger partial charge in [0.25, 0.3) is 0 Å². The summed E-state index contributed by atoms with van der Waals surface area (Å²) in [7, 11) is 0. The van der Waals surface area contributed by atoms with Crippen LogP contribution in [0.3, 0.4) is 0 Å². The molecule has 0 spiro atoms. The highest BCUT2D eigenvalue weighted by molar-refractivity contribution is 5.81. The SMILES string of the molecule is Oc1ccc(C(=C=Cc2ccccc2)c2ccccc2)cc1. The van der Waals surface area contributed by atoms with Gasteiger partial charge in [-0.1, -0.05) is 72.8 Å².